The molecule has 1 N–H and O–H groups in total. The Bertz CT molecular complexity index is 337. The Morgan fingerprint density at radius 2 is 2.41 bits per heavy atom. The highest BCUT2D eigenvalue weighted by Crippen LogP contribution is 2.28. The van der Waals surface area contributed by atoms with Gasteiger partial charge in [0.25, 0.3) is 0 Å². The van der Waals surface area contributed by atoms with E-state index in [1.165, 1.54) is 23.3 Å². The number of nitrogens with one attached hydrogen (secondary N) is 1. The van der Waals surface area contributed by atoms with Gasteiger partial charge in [-0.05, 0) is 37.1 Å². The van der Waals surface area contributed by atoms with E-state index < -0.39 is 0 Å². The van der Waals surface area contributed by atoms with Crippen molar-refractivity contribution in [1.29, 1.82) is 0 Å². The van der Waals surface area contributed by atoms with Crippen molar-refractivity contribution in [3.05, 3.63) is 29.8 Å². The average Bonchev–Trinajstić information content (AvgIpc) is 2.83. The van der Waals surface area contributed by atoms with Crippen molar-refractivity contribution in [2.24, 2.45) is 0 Å². The normalized spacial score (nSPS) is 19.7. The molecule has 1 aliphatic heterocycles. The second-order valence-corrected chi connectivity index (χ2v) is 5.80. The Morgan fingerprint density at radius 3 is 3.18 bits per heavy atom. The summed E-state index contributed by atoms with van der Waals surface area (Å²) in [7, 11) is 0. The molecule has 1 atom stereocenters. The SMILES string of the molecule is CCCNCc1cccc(SC2CCOC2)c1. The van der Waals surface area contributed by atoms with Crippen LogP contribution in [0.2, 0.25) is 0 Å². The summed E-state index contributed by atoms with van der Waals surface area (Å²) in [5.41, 5.74) is 1.38. The van der Waals surface area contributed by atoms with Crippen LogP contribution < -0.4 is 5.32 Å². The number of hydrogen-bond donors (Lipinski definition) is 1. The van der Waals surface area contributed by atoms with Crippen LogP contribution in [0.4, 0.5) is 0 Å². The van der Waals surface area contributed by atoms with Crippen LogP contribution in [0.5, 0.6) is 0 Å². The van der Waals surface area contributed by atoms with Crippen molar-refractivity contribution in [2.45, 2.75) is 36.5 Å². The van der Waals surface area contributed by atoms with Gasteiger partial charge in [-0.25, -0.2) is 0 Å². The quantitative estimate of drug-likeness (QED) is 0.785. The van der Waals surface area contributed by atoms with E-state index in [0.29, 0.717) is 5.25 Å². The van der Waals surface area contributed by atoms with Crippen LogP contribution in [0.3, 0.4) is 0 Å². The van der Waals surface area contributed by atoms with Crippen molar-refractivity contribution in [2.75, 3.05) is 19.8 Å². The Morgan fingerprint density at radius 1 is 1.47 bits per heavy atom. The van der Waals surface area contributed by atoms with Gasteiger partial charge >= 0.3 is 0 Å². The molecular weight excluding hydrogens is 230 g/mol. The molecule has 0 radical (unpaired) electrons. The second kappa shape index (κ2) is 7.04. The Hall–Kier alpha value is -0.510. The van der Waals surface area contributed by atoms with E-state index in [-0.39, 0.29) is 0 Å². The van der Waals surface area contributed by atoms with Gasteiger partial charge in [0.05, 0.1) is 6.61 Å². The lowest BCUT2D eigenvalue weighted by molar-refractivity contribution is 0.199. The van der Waals surface area contributed by atoms with Gasteiger partial charge in [0, 0.05) is 23.3 Å². The predicted molar refractivity (Wildman–Crippen MR) is 73.5 cm³/mol. The summed E-state index contributed by atoms with van der Waals surface area (Å²) < 4.78 is 5.41. The van der Waals surface area contributed by atoms with E-state index in [0.717, 1.165) is 26.3 Å². The topological polar surface area (TPSA) is 21.3 Å². The maximum atomic E-state index is 5.41. The number of thioether (sulfide) groups is 1. The van der Waals surface area contributed by atoms with Crippen molar-refractivity contribution in [3.8, 4) is 0 Å². The molecule has 94 valence electrons. The largest absolute Gasteiger partial charge is 0.380 e. The molecule has 1 unspecified atom stereocenters. The molecule has 1 aromatic carbocycles. The molecule has 2 rings (SSSR count). The van der Waals surface area contributed by atoms with E-state index in [1.54, 1.807) is 0 Å². The maximum absolute atomic E-state index is 5.41. The Labute approximate surface area is 108 Å². The predicted octanol–water partition coefficient (Wildman–Crippen LogP) is 3.07. The molecule has 0 bridgehead atoms. The van der Waals surface area contributed by atoms with Crippen molar-refractivity contribution in [1.82, 2.24) is 5.32 Å². The third-order valence-electron chi connectivity index (χ3n) is 2.85. The molecule has 1 saturated heterocycles. The second-order valence-electron chi connectivity index (χ2n) is 4.43. The van der Waals surface area contributed by atoms with Crippen molar-refractivity contribution in [3.63, 3.8) is 0 Å². The monoisotopic (exact) mass is 251 g/mol. The van der Waals surface area contributed by atoms with E-state index in [4.69, 9.17) is 4.74 Å². The van der Waals surface area contributed by atoms with E-state index in [9.17, 15) is 0 Å². The summed E-state index contributed by atoms with van der Waals surface area (Å²) in [6, 6.07) is 8.84. The summed E-state index contributed by atoms with van der Waals surface area (Å²) >= 11 is 1.95. The molecule has 0 spiro atoms. The fraction of sp³-hybridized carbons (Fsp3) is 0.571. The number of rotatable bonds is 6. The van der Waals surface area contributed by atoms with Crippen LogP contribution >= 0.6 is 11.8 Å². The Balaban J connectivity index is 1.86. The fourth-order valence-corrected chi connectivity index (χ4v) is 3.08. The molecule has 3 heteroatoms. The van der Waals surface area contributed by atoms with Gasteiger partial charge in [-0.15, -0.1) is 11.8 Å². The molecule has 1 fully saturated rings. The molecule has 0 amide bonds. The van der Waals surface area contributed by atoms with E-state index in [2.05, 4.69) is 36.5 Å². The first kappa shape index (κ1) is 12.9. The summed E-state index contributed by atoms with van der Waals surface area (Å²) in [6.07, 6.45) is 2.37. The number of ether oxygens (including phenoxy) is 1. The number of hydrogen-bond acceptors (Lipinski definition) is 3. The van der Waals surface area contributed by atoms with E-state index >= 15 is 0 Å². The molecule has 1 aliphatic rings. The summed E-state index contributed by atoms with van der Waals surface area (Å²) in [4.78, 5) is 1.37. The van der Waals surface area contributed by atoms with Crippen LogP contribution in [0.15, 0.2) is 29.2 Å². The summed E-state index contributed by atoms with van der Waals surface area (Å²) in [5, 5.41) is 4.09. The lowest BCUT2D eigenvalue weighted by Gasteiger charge is -2.09. The molecule has 0 aromatic heterocycles. The lowest BCUT2D eigenvalue weighted by Crippen LogP contribution is -2.13. The molecule has 0 saturated carbocycles. The first-order chi connectivity index (χ1) is 8.38. The van der Waals surface area contributed by atoms with Gasteiger partial charge in [0.15, 0.2) is 0 Å². The fourth-order valence-electron chi connectivity index (χ4n) is 1.94. The molecule has 2 nitrogen and oxygen atoms in total. The van der Waals surface area contributed by atoms with Crippen molar-refractivity contribution >= 4 is 11.8 Å². The highest BCUT2D eigenvalue weighted by atomic mass is 32.2. The van der Waals surface area contributed by atoms with Gasteiger partial charge in [-0.2, -0.15) is 0 Å². The highest BCUT2D eigenvalue weighted by Gasteiger charge is 2.16. The van der Waals surface area contributed by atoms with Crippen LogP contribution in [-0.2, 0) is 11.3 Å². The molecule has 1 heterocycles. The zero-order valence-electron chi connectivity index (χ0n) is 10.4. The smallest absolute Gasteiger partial charge is 0.0589 e. The summed E-state index contributed by atoms with van der Waals surface area (Å²) in [6.45, 7) is 6.09. The molecule has 1 aromatic rings. The van der Waals surface area contributed by atoms with Crippen LogP contribution in [0.25, 0.3) is 0 Å². The van der Waals surface area contributed by atoms with Crippen molar-refractivity contribution < 1.29 is 4.74 Å². The van der Waals surface area contributed by atoms with Crippen LogP contribution in [0, 0.1) is 0 Å². The average molecular weight is 251 g/mol. The van der Waals surface area contributed by atoms with Gasteiger partial charge < -0.3 is 10.1 Å². The number of benzene rings is 1. The highest BCUT2D eigenvalue weighted by molar-refractivity contribution is 8.00. The van der Waals surface area contributed by atoms with Crippen LogP contribution in [-0.4, -0.2) is 25.0 Å². The first-order valence-electron chi connectivity index (χ1n) is 6.42. The summed E-state index contributed by atoms with van der Waals surface area (Å²) in [5.74, 6) is 0. The molecule has 17 heavy (non-hydrogen) atoms. The molecular formula is C14H21NOS. The minimum absolute atomic E-state index is 0.647. The van der Waals surface area contributed by atoms with Gasteiger partial charge in [-0.1, -0.05) is 19.1 Å². The van der Waals surface area contributed by atoms with Gasteiger partial charge in [0.2, 0.25) is 0 Å². The third kappa shape index (κ3) is 4.34. The third-order valence-corrected chi connectivity index (χ3v) is 4.08. The van der Waals surface area contributed by atoms with Gasteiger partial charge in [-0.3, -0.25) is 0 Å². The standard InChI is InChI=1S/C14H21NOS/c1-2-7-15-10-12-4-3-5-13(9-12)17-14-6-8-16-11-14/h3-5,9,14-15H,2,6-8,10-11H2,1H3. The maximum Gasteiger partial charge on any atom is 0.0589 e. The lowest BCUT2D eigenvalue weighted by atomic mass is 10.2. The van der Waals surface area contributed by atoms with Crippen LogP contribution in [0.1, 0.15) is 25.3 Å². The zero-order chi connectivity index (χ0) is 11.9. The molecule has 0 aliphatic carbocycles. The minimum atomic E-state index is 0.647. The Kier molecular flexibility index (Phi) is 5.36. The van der Waals surface area contributed by atoms with E-state index in [1.807, 2.05) is 11.8 Å². The zero-order valence-corrected chi connectivity index (χ0v) is 11.3. The minimum Gasteiger partial charge on any atom is -0.380 e. The first-order valence-corrected chi connectivity index (χ1v) is 7.30. The van der Waals surface area contributed by atoms with Gasteiger partial charge in [0.1, 0.15) is 0 Å².